The van der Waals surface area contributed by atoms with Crippen LogP contribution in [0.25, 0.3) is 0 Å². The zero-order valence-electron chi connectivity index (χ0n) is 16.3. The monoisotopic (exact) mass is 409 g/mol. The van der Waals surface area contributed by atoms with Crippen molar-refractivity contribution < 1.29 is 4.79 Å². The van der Waals surface area contributed by atoms with Gasteiger partial charge in [0.1, 0.15) is 0 Å². The van der Waals surface area contributed by atoms with E-state index in [4.69, 9.17) is 0 Å². The molecular formula is C24H27NOS2. The maximum atomic E-state index is 13.5. The number of carbonyl (C=O) groups is 1. The number of nitrogens with zero attached hydrogens (tertiary/aromatic N) is 1. The van der Waals surface area contributed by atoms with Crippen molar-refractivity contribution in [1.29, 1.82) is 0 Å². The Morgan fingerprint density at radius 2 is 1.61 bits per heavy atom. The van der Waals surface area contributed by atoms with Crippen LogP contribution in [0, 0.1) is 0 Å². The Morgan fingerprint density at radius 3 is 2.25 bits per heavy atom. The van der Waals surface area contributed by atoms with Crippen molar-refractivity contribution in [2.45, 2.75) is 37.0 Å². The third kappa shape index (κ3) is 4.24. The Labute approximate surface area is 176 Å². The van der Waals surface area contributed by atoms with Gasteiger partial charge in [-0.2, -0.15) is 0 Å². The summed E-state index contributed by atoms with van der Waals surface area (Å²) in [5.74, 6) is 0.341. The van der Waals surface area contributed by atoms with Crippen molar-refractivity contribution in [3.05, 3.63) is 81.6 Å². The Bertz CT molecular complexity index is 828. The van der Waals surface area contributed by atoms with Crippen LogP contribution in [0.1, 0.15) is 47.5 Å². The number of allylic oxidation sites excluding steroid dienone is 1. The minimum atomic E-state index is 0.157. The second-order valence-electron chi connectivity index (χ2n) is 7.47. The lowest BCUT2D eigenvalue weighted by Crippen LogP contribution is -2.40. The summed E-state index contributed by atoms with van der Waals surface area (Å²) >= 11 is 3.65. The maximum absolute atomic E-state index is 13.5. The quantitative estimate of drug-likeness (QED) is 0.550. The molecule has 4 heteroatoms. The third-order valence-electron chi connectivity index (χ3n) is 5.71. The van der Waals surface area contributed by atoms with Gasteiger partial charge in [-0.15, -0.1) is 11.8 Å². The lowest BCUT2D eigenvalue weighted by molar-refractivity contribution is 0.102. The number of thioether (sulfide) groups is 2. The molecule has 0 amide bonds. The predicted octanol–water partition coefficient (Wildman–Crippen LogP) is 6.18. The SMILES string of the molecule is CSC1=C(C(=O)c2ccccc2)C(c2ccccc2)CC(N2CCCCC2)S1. The molecule has 2 aromatic rings. The highest BCUT2D eigenvalue weighted by atomic mass is 32.2. The van der Waals surface area contributed by atoms with E-state index in [2.05, 4.69) is 41.5 Å². The highest BCUT2D eigenvalue weighted by Crippen LogP contribution is 2.49. The molecule has 0 saturated carbocycles. The van der Waals surface area contributed by atoms with E-state index in [-0.39, 0.29) is 11.7 Å². The van der Waals surface area contributed by atoms with Gasteiger partial charge in [-0.25, -0.2) is 0 Å². The predicted molar refractivity (Wildman–Crippen MR) is 122 cm³/mol. The molecule has 2 aliphatic rings. The summed E-state index contributed by atoms with van der Waals surface area (Å²) in [7, 11) is 0. The number of likely N-dealkylation sites (tertiary alicyclic amines) is 1. The van der Waals surface area contributed by atoms with Gasteiger partial charge in [0.15, 0.2) is 5.78 Å². The molecule has 0 bridgehead atoms. The van der Waals surface area contributed by atoms with E-state index >= 15 is 0 Å². The molecule has 2 atom stereocenters. The van der Waals surface area contributed by atoms with Crippen LogP contribution in [0.3, 0.4) is 0 Å². The van der Waals surface area contributed by atoms with Crippen LogP contribution in [-0.4, -0.2) is 35.4 Å². The molecule has 1 fully saturated rings. The zero-order chi connectivity index (χ0) is 19.3. The first-order valence-electron chi connectivity index (χ1n) is 10.1. The summed E-state index contributed by atoms with van der Waals surface area (Å²) in [4.78, 5) is 16.2. The topological polar surface area (TPSA) is 20.3 Å². The van der Waals surface area contributed by atoms with E-state index in [1.165, 1.54) is 42.2 Å². The van der Waals surface area contributed by atoms with Gasteiger partial charge in [0.05, 0.1) is 5.37 Å². The summed E-state index contributed by atoms with van der Waals surface area (Å²) in [6.07, 6.45) is 7.05. The van der Waals surface area contributed by atoms with Gasteiger partial charge >= 0.3 is 0 Å². The Kier molecular flexibility index (Phi) is 6.61. The van der Waals surface area contributed by atoms with Crippen LogP contribution in [-0.2, 0) is 0 Å². The average Bonchev–Trinajstić information content (AvgIpc) is 2.79. The molecule has 0 radical (unpaired) electrons. The molecule has 2 heterocycles. The molecule has 0 N–H and O–H groups in total. The van der Waals surface area contributed by atoms with Crippen LogP contribution in [0.2, 0.25) is 0 Å². The van der Waals surface area contributed by atoms with Crippen molar-refractivity contribution in [3.63, 3.8) is 0 Å². The summed E-state index contributed by atoms with van der Waals surface area (Å²) < 4.78 is 1.20. The van der Waals surface area contributed by atoms with Crippen LogP contribution in [0.15, 0.2) is 70.5 Å². The van der Waals surface area contributed by atoms with E-state index in [9.17, 15) is 4.79 Å². The Hall–Kier alpha value is -1.49. The van der Waals surface area contributed by atoms with E-state index in [0.29, 0.717) is 5.37 Å². The van der Waals surface area contributed by atoms with Gasteiger partial charge in [-0.3, -0.25) is 9.69 Å². The normalized spacial score (nSPS) is 23.6. The molecule has 0 aromatic heterocycles. The minimum absolute atomic E-state index is 0.157. The van der Waals surface area contributed by atoms with E-state index in [1.807, 2.05) is 42.1 Å². The van der Waals surface area contributed by atoms with E-state index in [1.54, 1.807) is 11.8 Å². The van der Waals surface area contributed by atoms with Crippen molar-refractivity contribution >= 4 is 29.3 Å². The Morgan fingerprint density at radius 1 is 0.964 bits per heavy atom. The standard InChI is InChI=1S/C24H27NOS2/c1-27-24-22(23(26)19-13-7-3-8-14-19)20(18-11-5-2-6-12-18)17-21(28-24)25-15-9-4-10-16-25/h2-3,5-8,11-14,20-21H,4,9-10,15-17H2,1H3. The fraction of sp³-hybridized carbons (Fsp3) is 0.375. The van der Waals surface area contributed by atoms with Gasteiger partial charge in [-0.1, -0.05) is 78.8 Å². The van der Waals surface area contributed by atoms with E-state index < -0.39 is 0 Å². The molecule has 2 aromatic carbocycles. The van der Waals surface area contributed by atoms with E-state index in [0.717, 1.165) is 17.6 Å². The summed E-state index contributed by atoms with van der Waals surface area (Å²) in [6, 6.07) is 20.4. The highest BCUT2D eigenvalue weighted by molar-refractivity contribution is 8.22. The molecule has 0 aliphatic carbocycles. The largest absolute Gasteiger partial charge is 0.291 e. The number of piperidine rings is 1. The molecule has 28 heavy (non-hydrogen) atoms. The number of hydrogen-bond acceptors (Lipinski definition) is 4. The van der Waals surface area contributed by atoms with Crippen molar-refractivity contribution in [1.82, 2.24) is 4.90 Å². The van der Waals surface area contributed by atoms with Gasteiger partial charge in [0.2, 0.25) is 0 Å². The van der Waals surface area contributed by atoms with Crippen LogP contribution in [0.5, 0.6) is 0 Å². The van der Waals surface area contributed by atoms with Gasteiger partial charge in [0, 0.05) is 21.3 Å². The first-order chi connectivity index (χ1) is 13.8. The van der Waals surface area contributed by atoms with Crippen LogP contribution >= 0.6 is 23.5 Å². The second kappa shape index (κ2) is 9.34. The molecule has 0 spiro atoms. The van der Waals surface area contributed by atoms with Gasteiger partial charge in [-0.05, 0) is 44.2 Å². The van der Waals surface area contributed by atoms with Crippen LogP contribution < -0.4 is 0 Å². The number of benzene rings is 2. The smallest absolute Gasteiger partial charge is 0.191 e. The van der Waals surface area contributed by atoms with Crippen molar-refractivity contribution in [2.75, 3.05) is 19.3 Å². The van der Waals surface area contributed by atoms with Gasteiger partial charge < -0.3 is 0 Å². The second-order valence-corrected chi connectivity index (χ2v) is 9.73. The summed E-state index contributed by atoms with van der Waals surface area (Å²) in [5.41, 5.74) is 3.04. The number of hydrogen-bond donors (Lipinski definition) is 0. The van der Waals surface area contributed by atoms with Crippen molar-refractivity contribution in [3.8, 4) is 0 Å². The van der Waals surface area contributed by atoms with Gasteiger partial charge in [0.25, 0.3) is 0 Å². The number of ketones is 1. The summed E-state index contributed by atoms with van der Waals surface area (Å²) in [6.45, 7) is 2.37. The molecule has 4 rings (SSSR count). The fourth-order valence-electron chi connectivity index (χ4n) is 4.27. The third-order valence-corrected chi connectivity index (χ3v) is 8.29. The first kappa shape index (κ1) is 19.8. The molecule has 1 saturated heterocycles. The van der Waals surface area contributed by atoms with Crippen molar-refractivity contribution in [2.24, 2.45) is 0 Å². The lowest BCUT2D eigenvalue weighted by Gasteiger charge is -2.40. The Balaban J connectivity index is 1.74. The first-order valence-corrected chi connectivity index (χ1v) is 12.2. The molecule has 2 unspecified atom stereocenters. The fourth-order valence-corrected chi connectivity index (χ4v) is 6.70. The molecule has 146 valence electrons. The summed E-state index contributed by atoms with van der Waals surface area (Å²) in [5, 5.41) is 0.459. The highest BCUT2D eigenvalue weighted by Gasteiger charge is 2.37. The number of Topliss-reactive ketones (excluding diaryl/α,β-unsaturated/α-hetero) is 1. The van der Waals surface area contributed by atoms with Crippen LogP contribution in [0.4, 0.5) is 0 Å². The minimum Gasteiger partial charge on any atom is -0.291 e. The molecule has 2 nitrogen and oxygen atoms in total. The molecule has 2 aliphatic heterocycles. The zero-order valence-corrected chi connectivity index (χ0v) is 18.0. The lowest BCUT2D eigenvalue weighted by atomic mass is 9.84. The number of carbonyl (C=O) groups excluding carboxylic acids is 1. The number of rotatable bonds is 5. The average molecular weight is 410 g/mol. The molecular weight excluding hydrogens is 382 g/mol. The maximum Gasteiger partial charge on any atom is 0.191 e.